The fourth-order valence-electron chi connectivity index (χ4n) is 4.35. The summed E-state index contributed by atoms with van der Waals surface area (Å²) in [6.45, 7) is 1.73. The minimum absolute atomic E-state index is 0.224. The molecule has 6 nitrogen and oxygen atoms in total. The number of aromatic nitrogens is 2. The van der Waals surface area contributed by atoms with Crippen LogP contribution < -0.4 is 9.64 Å². The Hall–Kier alpha value is -2.63. The lowest BCUT2D eigenvalue weighted by molar-refractivity contribution is -0.145. The minimum Gasteiger partial charge on any atom is -0.497 e. The number of fused-ring (bicyclic) bond motifs is 2. The van der Waals surface area contributed by atoms with Gasteiger partial charge in [0.05, 0.1) is 25.6 Å². The van der Waals surface area contributed by atoms with Gasteiger partial charge >= 0.3 is 0 Å². The van der Waals surface area contributed by atoms with E-state index < -0.39 is 0 Å². The van der Waals surface area contributed by atoms with Gasteiger partial charge in [0, 0.05) is 30.8 Å². The van der Waals surface area contributed by atoms with Gasteiger partial charge in [0.25, 0.3) is 0 Å². The van der Waals surface area contributed by atoms with E-state index in [0.29, 0.717) is 24.4 Å². The van der Waals surface area contributed by atoms with Gasteiger partial charge in [-0.05, 0) is 37.0 Å². The van der Waals surface area contributed by atoms with Crippen LogP contribution in [0.5, 0.6) is 5.75 Å². The van der Waals surface area contributed by atoms with Crippen molar-refractivity contribution < 1.29 is 9.53 Å². The third-order valence-corrected chi connectivity index (χ3v) is 5.99. The number of ether oxygens (including phenoxy) is 1. The number of hydrogen-bond acceptors (Lipinski definition) is 5. The third kappa shape index (κ3) is 3.13. The highest BCUT2D eigenvalue weighted by molar-refractivity contribution is 5.81. The van der Waals surface area contributed by atoms with E-state index >= 15 is 0 Å². The highest BCUT2D eigenvalue weighted by atomic mass is 16.5. The van der Waals surface area contributed by atoms with Gasteiger partial charge in [-0.25, -0.2) is 9.97 Å². The van der Waals surface area contributed by atoms with Crippen molar-refractivity contribution in [2.45, 2.75) is 43.7 Å². The van der Waals surface area contributed by atoms with Crippen LogP contribution in [0.1, 0.15) is 36.4 Å². The summed E-state index contributed by atoms with van der Waals surface area (Å²) in [5.41, 5.74) is 2.21. The molecule has 1 aromatic carbocycles. The number of anilines is 1. The zero-order valence-electron chi connectivity index (χ0n) is 15.5. The molecule has 140 valence electrons. The summed E-state index contributed by atoms with van der Waals surface area (Å²) in [6, 6.07) is 10.5. The Labute approximate surface area is 159 Å². The highest BCUT2D eigenvalue weighted by Crippen LogP contribution is 2.40. The zero-order chi connectivity index (χ0) is 18.4. The molecular weight excluding hydrogens is 340 g/mol. The zero-order valence-corrected chi connectivity index (χ0v) is 15.5. The topological polar surface area (TPSA) is 58.6 Å². The van der Waals surface area contributed by atoms with E-state index in [0.717, 1.165) is 36.6 Å². The minimum atomic E-state index is 0.224. The molecule has 2 atom stereocenters. The third-order valence-electron chi connectivity index (χ3n) is 5.99. The van der Waals surface area contributed by atoms with E-state index in [1.54, 1.807) is 13.4 Å². The Kier molecular flexibility index (Phi) is 3.99. The van der Waals surface area contributed by atoms with E-state index in [-0.39, 0.29) is 5.91 Å². The van der Waals surface area contributed by atoms with Crippen LogP contribution in [-0.4, -0.2) is 53.1 Å². The second-order valence-corrected chi connectivity index (χ2v) is 7.85. The SMILES string of the molecule is COc1ccc(CC(=O)N2C3CC2CN(c2cc(C4CC4)ncn2)C3)cc1. The number of piperidine rings is 1. The fraction of sp³-hybridized carbons (Fsp3) is 0.476. The van der Waals surface area contributed by atoms with Crippen molar-refractivity contribution in [1.82, 2.24) is 14.9 Å². The molecular formula is C21H24N4O2. The lowest BCUT2D eigenvalue weighted by Gasteiger charge is -2.56. The maximum absolute atomic E-state index is 12.8. The lowest BCUT2D eigenvalue weighted by atomic mass is 9.86. The summed E-state index contributed by atoms with van der Waals surface area (Å²) in [4.78, 5) is 26.1. The number of benzene rings is 1. The van der Waals surface area contributed by atoms with Crippen molar-refractivity contribution in [3.63, 3.8) is 0 Å². The molecule has 6 rings (SSSR count). The van der Waals surface area contributed by atoms with E-state index in [2.05, 4.69) is 25.8 Å². The maximum Gasteiger partial charge on any atom is 0.227 e. The molecule has 3 saturated heterocycles. The first kappa shape index (κ1) is 16.5. The summed E-state index contributed by atoms with van der Waals surface area (Å²) in [7, 11) is 1.65. The van der Waals surface area contributed by atoms with Gasteiger partial charge in [-0.3, -0.25) is 4.79 Å². The molecule has 1 aliphatic carbocycles. The van der Waals surface area contributed by atoms with Crippen molar-refractivity contribution in [2.24, 2.45) is 0 Å². The number of piperazine rings is 1. The first-order valence-electron chi connectivity index (χ1n) is 9.72. The second kappa shape index (κ2) is 6.51. The Morgan fingerprint density at radius 3 is 2.56 bits per heavy atom. The molecule has 6 heteroatoms. The average Bonchev–Trinajstić information content (AvgIpc) is 3.54. The molecule has 1 aromatic heterocycles. The van der Waals surface area contributed by atoms with Crippen LogP contribution in [0.3, 0.4) is 0 Å². The lowest BCUT2D eigenvalue weighted by Crippen LogP contribution is -2.70. The van der Waals surface area contributed by atoms with Crippen molar-refractivity contribution >= 4 is 11.7 Å². The Morgan fingerprint density at radius 2 is 1.89 bits per heavy atom. The van der Waals surface area contributed by atoms with Crippen molar-refractivity contribution in [3.8, 4) is 5.75 Å². The van der Waals surface area contributed by atoms with Crippen LogP contribution in [0.4, 0.5) is 5.82 Å². The monoisotopic (exact) mass is 364 g/mol. The molecule has 2 bridgehead atoms. The largest absolute Gasteiger partial charge is 0.497 e. The molecule has 0 N–H and O–H groups in total. The number of hydrogen-bond donors (Lipinski definition) is 0. The van der Waals surface area contributed by atoms with E-state index in [9.17, 15) is 4.79 Å². The van der Waals surface area contributed by atoms with Crippen molar-refractivity contribution in [1.29, 1.82) is 0 Å². The van der Waals surface area contributed by atoms with Gasteiger partial charge in [-0.1, -0.05) is 12.1 Å². The first-order valence-corrected chi connectivity index (χ1v) is 9.72. The number of methoxy groups -OCH3 is 1. The van der Waals surface area contributed by atoms with Crippen LogP contribution in [0.25, 0.3) is 0 Å². The van der Waals surface area contributed by atoms with Crippen LogP contribution >= 0.6 is 0 Å². The van der Waals surface area contributed by atoms with Crippen LogP contribution in [0, 0.1) is 0 Å². The fourth-order valence-corrected chi connectivity index (χ4v) is 4.35. The standard InChI is InChI=1S/C21H24N4O2/c1-27-18-6-2-14(3-7-18)8-21(26)25-16-9-17(25)12-24(11-16)20-10-19(15-4-5-15)22-13-23-20/h2-3,6-7,10,13,15-17H,4-5,8-9,11-12H2,1H3. The predicted octanol–water partition coefficient (Wildman–Crippen LogP) is 2.39. The van der Waals surface area contributed by atoms with E-state index in [1.807, 2.05) is 24.3 Å². The van der Waals surface area contributed by atoms with Gasteiger partial charge < -0.3 is 14.5 Å². The molecule has 4 heterocycles. The number of amides is 1. The van der Waals surface area contributed by atoms with Crippen LogP contribution in [0.15, 0.2) is 36.7 Å². The van der Waals surface area contributed by atoms with Gasteiger partial charge in [0.2, 0.25) is 5.91 Å². The molecule has 2 unspecified atom stereocenters. The second-order valence-electron chi connectivity index (χ2n) is 7.85. The number of carbonyl (C=O) groups is 1. The maximum atomic E-state index is 12.8. The molecule has 27 heavy (non-hydrogen) atoms. The normalized spacial score (nSPS) is 23.7. The highest BCUT2D eigenvalue weighted by Gasteiger charge is 2.47. The molecule has 2 aromatic rings. The first-order chi connectivity index (χ1) is 13.2. The average molecular weight is 364 g/mol. The van der Waals surface area contributed by atoms with Gasteiger partial charge in [0.1, 0.15) is 17.9 Å². The number of carbonyl (C=O) groups excluding carboxylic acids is 1. The smallest absolute Gasteiger partial charge is 0.227 e. The van der Waals surface area contributed by atoms with Gasteiger partial charge in [-0.2, -0.15) is 0 Å². The summed E-state index contributed by atoms with van der Waals surface area (Å²) in [5.74, 6) is 2.69. The van der Waals surface area contributed by atoms with E-state index in [1.165, 1.54) is 18.5 Å². The molecule has 4 fully saturated rings. The Bertz CT molecular complexity index is 838. The molecule has 3 aliphatic heterocycles. The summed E-state index contributed by atoms with van der Waals surface area (Å²) < 4.78 is 5.18. The van der Waals surface area contributed by atoms with Gasteiger partial charge in [-0.15, -0.1) is 0 Å². The van der Waals surface area contributed by atoms with Crippen LogP contribution in [0.2, 0.25) is 0 Å². The van der Waals surface area contributed by atoms with Crippen LogP contribution in [-0.2, 0) is 11.2 Å². The Morgan fingerprint density at radius 1 is 1.15 bits per heavy atom. The van der Waals surface area contributed by atoms with Crippen molar-refractivity contribution in [2.75, 3.05) is 25.1 Å². The summed E-state index contributed by atoms with van der Waals surface area (Å²) in [5, 5.41) is 0. The predicted molar refractivity (Wildman–Crippen MR) is 102 cm³/mol. The van der Waals surface area contributed by atoms with Crippen molar-refractivity contribution in [3.05, 3.63) is 47.9 Å². The molecule has 0 spiro atoms. The number of nitrogens with zero attached hydrogens (tertiary/aromatic N) is 4. The summed E-state index contributed by atoms with van der Waals surface area (Å²) >= 11 is 0. The Balaban J connectivity index is 1.23. The molecule has 4 aliphatic rings. The quantitative estimate of drug-likeness (QED) is 0.815. The van der Waals surface area contributed by atoms with Gasteiger partial charge in [0.15, 0.2) is 0 Å². The molecule has 1 amide bonds. The van der Waals surface area contributed by atoms with E-state index in [4.69, 9.17) is 4.74 Å². The number of rotatable bonds is 5. The molecule has 1 saturated carbocycles. The molecule has 0 radical (unpaired) electrons. The summed E-state index contributed by atoms with van der Waals surface area (Å²) in [6.07, 6.45) is 5.74.